The molecule has 0 aliphatic rings. The van der Waals surface area contributed by atoms with Gasteiger partial charge in [-0.05, 0) is 38.6 Å². The molecular formula is C18H25N3O. The molecule has 1 aromatic heterocycles. The first kappa shape index (κ1) is 16.4. The van der Waals surface area contributed by atoms with Crippen LogP contribution in [0.15, 0.2) is 35.1 Å². The second-order valence-electron chi connectivity index (χ2n) is 5.63. The third-order valence-corrected chi connectivity index (χ3v) is 4.05. The highest BCUT2D eigenvalue weighted by atomic mass is 16.1. The number of benzene rings is 1. The van der Waals surface area contributed by atoms with E-state index in [9.17, 15) is 4.79 Å². The monoisotopic (exact) mass is 299 g/mol. The van der Waals surface area contributed by atoms with Crippen molar-refractivity contribution < 1.29 is 0 Å². The summed E-state index contributed by atoms with van der Waals surface area (Å²) in [5, 5.41) is 4.55. The standard InChI is InChI=1S/C18H25N3O/c1-5-20(6-2)11-12-21-18(22)10-9-17(19-21)16-8-7-14(3)13-15(16)4/h7-10,13H,5-6,11-12H2,1-4H3. The number of nitrogens with zero attached hydrogens (tertiary/aromatic N) is 3. The third kappa shape index (κ3) is 3.83. The van der Waals surface area contributed by atoms with Gasteiger partial charge in [-0.2, -0.15) is 5.10 Å². The second kappa shape index (κ2) is 7.36. The summed E-state index contributed by atoms with van der Waals surface area (Å²) in [6.45, 7) is 11.9. The molecule has 2 aromatic rings. The van der Waals surface area contributed by atoms with E-state index in [0.717, 1.165) is 30.9 Å². The van der Waals surface area contributed by atoms with Crippen LogP contribution in [0.2, 0.25) is 0 Å². The lowest BCUT2D eigenvalue weighted by molar-refractivity contribution is 0.283. The van der Waals surface area contributed by atoms with Crippen LogP contribution >= 0.6 is 0 Å². The fourth-order valence-electron chi connectivity index (χ4n) is 2.63. The van der Waals surface area contributed by atoms with Crippen LogP contribution in [-0.2, 0) is 6.54 Å². The summed E-state index contributed by atoms with van der Waals surface area (Å²) in [4.78, 5) is 14.3. The van der Waals surface area contributed by atoms with Crippen LogP contribution in [0.3, 0.4) is 0 Å². The van der Waals surface area contributed by atoms with Crippen LogP contribution in [-0.4, -0.2) is 34.3 Å². The van der Waals surface area contributed by atoms with E-state index >= 15 is 0 Å². The quantitative estimate of drug-likeness (QED) is 0.823. The van der Waals surface area contributed by atoms with Gasteiger partial charge < -0.3 is 4.90 Å². The maximum atomic E-state index is 12.0. The molecule has 0 aliphatic heterocycles. The summed E-state index contributed by atoms with van der Waals surface area (Å²) in [6, 6.07) is 9.72. The zero-order valence-electron chi connectivity index (χ0n) is 14.0. The first-order valence-electron chi connectivity index (χ1n) is 7.93. The molecule has 0 atom stereocenters. The summed E-state index contributed by atoms with van der Waals surface area (Å²) in [7, 11) is 0. The largest absolute Gasteiger partial charge is 0.302 e. The van der Waals surface area contributed by atoms with E-state index in [4.69, 9.17) is 0 Å². The van der Waals surface area contributed by atoms with Crippen molar-refractivity contribution >= 4 is 0 Å². The van der Waals surface area contributed by atoms with Gasteiger partial charge in [0.1, 0.15) is 0 Å². The Hall–Kier alpha value is -1.94. The summed E-state index contributed by atoms with van der Waals surface area (Å²) in [6.07, 6.45) is 0. The minimum Gasteiger partial charge on any atom is -0.302 e. The Balaban J connectivity index is 2.28. The Morgan fingerprint density at radius 3 is 2.45 bits per heavy atom. The minimum absolute atomic E-state index is 0.0410. The summed E-state index contributed by atoms with van der Waals surface area (Å²) >= 11 is 0. The van der Waals surface area contributed by atoms with E-state index in [1.54, 1.807) is 10.7 Å². The Morgan fingerprint density at radius 2 is 1.82 bits per heavy atom. The molecule has 0 unspecified atom stereocenters. The number of aryl methyl sites for hydroxylation is 2. The molecule has 0 fully saturated rings. The summed E-state index contributed by atoms with van der Waals surface area (Å²) in [5.74, 6) is 0. The molecule has 0 N–H and O–H groups in total. The molecule has 118 valence electrons. The lowest BCUT2D eigenvalue weighted by atomic mass is 10.0. The van der Waals surface area contributed by atoms with Crippen LogP contribution in [0.5, 0.6) is 0 Å². The molecule has 2 rings (SSSR count). The molecule has 1 heterocycles. The lowest BCUT2D eigenvalue weighted by Gasteiger charge is -2.18. The smallest absolute Gasteiger partial charge is 0.266 e. The highest BCUT2D eigenvalue weighted by Gasteiger charge is 2.07. The van der Waals surface area contributed by atoms with E-state index in [-0.39, 0.29) is 5.56 Å². The van der Waals surface area contributed by atoms with Gasteiger partial charge in [0.15, 0.2) is 0 Å². The van der Waals surface area contributed by atoms with Gasteiger partial charge >= 0.3 is 0 Å². The third-order valence-electron chi connectivity index (χ3n) is 4.05. The zero-order chi connectivity index (χ0) is 16.1. The fraction of sp³-hybridized carbons (Fsp3) is 0.444. The number of hydrogen-bond donors (Lipinski definition) is 0. The van der Waals surface area contributed by atoms with Crippen molar-refractivity contribution in [2.75, 3.05) is 19.6 Å². The van der Waals surface area contributed by atoms with Crippen molar-refractivity contribution in [3.05, 3.63) is 51.8 Å². The van der Waals surface area contributed by atoms with Crippen molar-refractivity contribution in [1.82, 2.24) is 14.7 Å². The number of hydrogen-bond acceptors (Lipinski definition) is 3. The maximum Gasteiger partial charge on any atom is 0.266 e. The topological polar surface area (TPSA) is 38.1 Å². The van der Waals surface area contributed by atoms with Gasteiger partial charge in [-0.1, -0.05) is 37.6 Å². The van der Waals surface area contributed by atoms with Crippen LogP contribution in [0.4, 0.5) is 0 Å². The molecule has 0 radical (unpaired) electrons. The summed E-state index contributed by atoms with van der Waals surface area (Å²) in [5.41, 5.74) is 4.32. The molecular weight excluding hydrogens is 274 g/mol. The molecule has 1 aromatic carbocycles. The Kier molecular flexibility index (Phi) is 5.50. The molecule has 0 saturated heterocycles. The molecule has 0 amide bonds. The van der Waals surface area contributed by atoms with Gasteiger partial charge in [-0.15, -0.1) is 0 Å². The van der Waals surface area contributed by atoms with Gasteiger partial charge in [-0.3, -0.25) is 4.79 Å². The highest BCUT2D eigenvalue weighted by molar-refractivity contribution is 5.63. The van der Waals surface area contributed by atoms with E-state index in [2.05, 4.69) is 55.9 Å². The maximum absolute atomic E-state index is 12.0. The molecule has 0 aliphatic carbocycles. The molecule has 0 saturated carbocycles. The minimum atomic E-state index is -0.0410. The normalized spacial score (nSPS) is 11.1. The van der Waals surface area contributed by atoms with Gasteiger partial charge in [0.25, 0.3) is 5.56 Å². The SMILES string of the molecule is CCN(CC)CCn1nc(-c2ccc(C)cc2C)ccc1=O. The van der Waals surface area contributed by atoms with Crippen LogP contribution in [0, 0.1) is 13.8 Å². The molecule has 0 spiro atoms. The van der Waals surface area contributed by atoms with E-state index < -0.39 is 0 Å². The Labute approximate surface area is 132 Å². The van der Waals surface area contributed by atoms with E-state index in [0.29, 0.717) is 6.54 Å². The van der Waals surface area contributed by atoms with Crippen molar-refractivity contribution in [1.29, 1.82) is 0 Å². The first-order valence-corrected chi connectivity index (χ1v) is 7.93. The van der Waals surface area contributed by atoms with E-state index in [1.807, 2.05) is 6.07 Å². The van der Waals surface area contributed by atoms with Crippen molar-refractivity contribution in [3.63, 3.8) is 0 Å². The van der Waals surface area contributed by atoms with Gasteiger partial charge in [0.05, 0.1) is 12.2 Å². The highest BCUT2D eigenvalue weighted by Crippen LogP contribution is 2.21. The van der Waals surface area contributed by atoms with Gasteiger partial charge in [-0.25, -0.2) is 4.68 Å². The molecule has 22 heavy (non-hydrogen) atoms. The second-order valence-corrected chi connectivity index (χ2v) is 5.63. The average molecular weight is 299 g/mol. The van der Waals surface area contributed by atoms with Crippen molar-refractivity contribution in [2.24, 2.45) is 0 Å². The number of rotatable bonds is 6. The lowest BCUT2D eigenvalue weighted by Crippen LogP contribution is -2.32. The van der Waals surface area contributed by atoms with Crippen LogP contribution in [0.25, 0.3) is 11.3 Å². The van der Waals surface area contributed by atoms with Crippen LogP contribution in [0.1, 0.15) is 25.0 Å². The predicted molar refractivity (Wildman–Crippen MR) is 91.2 cm³/mol. The first-order chi connectivity index (χ1) is 10.5. The molecule has 4 nitrogen and oxygen atoms in total. The molecule has 0 bridgehead atoms. The van der Waals surface area contributed by atoms with Crippen molar-refractivity contribution in [2.45, 2.75) is 34.2 Å². The fourth-order valence-corrected chi connectivity index (χ4v) is 2.63. The Bertz CT molecular complexity index is 687. The van der Waals surface area contributed by atoms with Gasteiger partial charge in [0.2, 0.25) is 0 Å². The molecule has 4 heteroatoms. The van der Waals surface area contributed by atoms with Crippen molar-refractivity contribution in [3.8, 4) is 11.3 Å². The number of likely N-dealkylation sites (N-methyl/N-ethyl adjacent to an activating group) is 1. The Morgan fingerprint density at radius 1 is 1.09 bits per heavy atom. The average Bonchev–Trinajstić information content (AvgIpc) is 2.50. The zero-order valence-corrected chi connectivity index (χ0v) is 14.0. The van der Waals surface area contributed by atoms with Gasteiger partial charge in [0, 0.05) is 18.2 Å². The van der Waals surface area contributed by atoms with E-state index in [1.165, 1.54) is 11.1 Å². The number of aromatic nitrogens is 2. The summed E-state index contributed by atoms with van der Waals surface area (Å²) < 4.78 is 1.58. The van der Waals surface area contributed by atoms with Crippen LogP contribution < -0.4 is 5.56 Å². The predicted octanol–water partition coefficient (Wildman–Crippen LogP) is 2.87.